The maximum atomic E-state index is 12.7. The van der Waals surface area contributed by atoms with E-state index in [4.69, 9.17) is 4.84 Å². The molecule has 0 radical (unpaired) electrons. The van der Waals surface area contributed by atoms with Gasteiger partial charge in [0.25, 0.3) is 0 Å². The maximum absolute atomic E-state index is 12.7. The van der Waals surface area contributed by atoms with Crippen molar-refractivity contribution < 1.29 is 9.63 Å². The van der Waals surface area contributed by atoms with E-state index < -0.39 is 5.97 Å². The third-order valence-corrected chi connectivity index (χ3v) is 6.20. The average molecular weight is 404 g/mol. The van der Waals surface area contributed by atoms with E-state index in [2.05, 4.69) is 53.0 Å². The lowest BCUT2D eigenvalue weighted by atomic mass is 9.97. The van der Waals surface area contributed by atoms with Crippen LogP contribution in [0.25, 0.3) is 32.6 Å². The monoisotopic (exact) mass is 404 g/mol. The number of hydrogen-bond acceptors (Lipinski definition) is 3. The zero-order valence-electron chi connectivity index (χ0n) is 17.1. The van der Waals surface area contributed by atoms with Gasteiger partial charge in [-0.15, -0.1) is 0 Å². The average Bonchev–Trinajstić information content (AvgIpc) is 3.16. The third-order valence-electron chi connectivity index (χ3n) is 6.20. The molecular formula is C27H20N2O2. The summed E-state index contributed by atoms with van der Waals surface area (Å²) in [7, 11) is 0. The topological polar surface area (TPSA) is 43.6 Å². The highest BCUT2D eigenvalue weighted by atomic mass is 16.7. The molecule has 0 saturated carbocycles. The zero-order valence-corrected chi connectivity index (χ0v) is 17.1. The van der Waals surface area contributed by atoms with Gasteiger partial charge in [0, 0.05) is 34.3 Å². The fraction of sp³-hybridized carbons (Fsp3) is 0.111. The molecule has 0 fully saturated rings. The Morgan fingerprint density at radius 1 is 0.903 bits per heavy atom. The number of hydrogen-bond donors (Lipinski definition) is 0. The van der Waals surface area contributed by atoms with Gasteiger partial charge in [-0.3, -0.25) is 0 Å². The fourth-order valence-electron chi connectivity index (χ4n) is 4.78. The number of carbonyl (C=O) groups excluding carboxylic acids is 1. The Labute approximate surface area is 179 Å². The normalized spacial score (nSPS) is 16.9. The fourth-order valence-corrected chi connectivity index (χ4v) is 4.78. The van der Waals surface area contributed by atoms with Crippen molar-refractivity contribution in [2.24, 2.45) is 5.16 Å². The van der Waals surface area contributed by atoms with Crippen molar-refractivity contribution in [3.63, 3.8) is 0 Å². The molecule has 0 saturated heterocycles. The van der Waals surface area contributed by atoms with Crippen LogP contribution in [0.4, 0.5) is 0 Å². The first-order valence-corrected chi connectivity index (χ1v) is 10.5. The van der Waals surface area contributed by atoms with Crippen molar-refractivity contribution in [2.75, 3.05) is 0 Å². The van der Waals surface area contributed by atoms with Crippen LogP contribution in [0.15, 0.2) is 90.1 Å². The van der Waals surface area contributed by atoms with E-state index in [1.807, 2.05) is 42.5 Å². The number of fused-ring (bicyclic) bond motifs is 4. The van der Waals surface area contributed by atoms with Crippen LogP contribution in [0, 0.1) is 0 Å². The molecule has 31 heavy (non-hydrogen) atoms. The largest absolute Gasteiger partial charge is 0.365 e. The summed E-state index contributed by atoms with van der Waals surface area (Å²) >= 11 is 0. The minimum absolute atomic E-state index is 0.218. The van der Waals surface area contributed by atoms with Crippen molar-refractivity contribution >= 4 is 44.3 Å². The van der Waals surface area contributed by atoms with Gasteiger partial charge in [0.2, 0.25) is 0 Å². The van der Waals surface area contributed by atoms with Crippen LogP contribution >= 0.6 is 0 Å². The van der Waals surface area contributed by atoms with Gasteiger partial charge in [0.05, 0.1) is 16.8 Å². The molecule has 1 aromatic heterocycles. The van der Waals surface area contributed by atoms with E-state index in [0.29, 0.717) is 12.0 Å². The predicted molar refractivity (Wildman–Crippen MR) is 125 cm³/mol. The molecule has 1 aliphatic rings. The Hall–Kier alpha value is -3.92. The van der Waals surface area contributed by atoms with E-state index in [1.165, 1.54) is 16.3 Å². The second-order valence-corrected chi connectivity index (χ2v) is 8.12. The van der Waals surface area contributed by atoms with Crippen molar-refractivity contribution in [1.82, 2.24) is 4.57 Å². The van der Waals surface area contributed by atoms with Gasteiger partial charge < -0.3 is 9.40 Å². The van der Waals surface area contributed by atoms with Crippen LogP contribution < -0.4 is 0 Å². The summed E-state index contributed by atoms with van der Waals surface area (Å²) in [6.07, 6.45) is 0.704. The van der Waals surface area contributed by atoms with Gasteiger partial charge in [-0.2, -0.15) is 0 Å². The van der Waals surface area contributed by atoms with Crippen LogP contribution in [0.3, 0.4) is 0 Å². The third kappa shape index (κ3) is 2.76. The zero-order chi connectivity index (χ0) is 20.9. The summed E-state index contributed by atoms with van der Waals surface area (Å²) in [5, 5.41) is 8.87. The molecule has 5 aromatic rings. The van der Waals surface area contributed by atoms with E-state index in [-0.39, 0.29) is 6.04 Å². The molecule has 0 bridgehead atoms. The van der Waals surface area contributed by atoms with E-state index in [1.54, 1.807) is 6.07 Å². The van der Waals surface area contributed by atoms with Crippen LogP contribution in [-0.2, 0) is 4.84 Å². The van der Waals surface area contributed by atoms with Gasteiger partial charge in [-0.25, -0.2) is 4.79 Å². The highest BCUT2D eigenvalue weighted by Gasteiger charge is 2.26. The molecule has 0 spiro atoms. The number of para-hydroxylation sites is 2. The SMILES string of the molecule is CC1C/C(=N\OC(=O)c2ccc3ccccc3c2)c2cccc3c4ccccc4n1c23. The van der Waals surface area contributed by atoms with Crippen LogP contribution in [0.2, 0.25) is 0 Å². The lowest BCUT2D eigenvalue weighted by Gasteiger charge is -2.24. The summed E-state index contributed by atoms with van der Waals surface area (Å²) in [5.74, 6) is -0.441. The Kier molecular flexibility index (Phi) is 3.93. The summed E-state index contributed by atoms with van der Waals surface area (Å²) < 4.78 is 2.38. The number of oxime groups is 1. The minimum Gasteiger partial charge on any atom is -0.337 e. The van der Waals surface area contributed by atoms with Gasteiger partial charge in [-0.05, 0) is 35.9 Å². The van der Waals surface area contributed by atoms with Gasteiger partial charge in [0.15, 0.2) is 0 Å². The number of carbonyl (C=O) groups is 1. The molecule has 1 atom stereocenters. The van der Waals surface area contributed by atoms with Crippen molar-refractivity contribution in [3.05, 3.63) is 96.1 Å². The van der Waals surface area contributed by atoms with Crippen LogP contribution in [0.5, 0.6) is 0 Å². The summed E-state index contributed by atoms with van der Waals surface area (Å²) in [5.41, 5.74) is 4.72. The van der Waals surface area contributed by atoms with Crippen LogP contribution in [0.1, 0.15) is 35.3 Å². The molecular weight excluding hydrogens is 384 g/mol. The van der Waals surface area contributed by atoms with Crippen molar-refractivity contribution in [1.29, 1.82) is 0 Å². The van der Waals surface area contributed by atoms with Gasteiger partial charge >= 0.3 is 5.97 Å². The molecule has 6 rings (SSSR count). The Balaban J connectivity index is 1.41. The molecule has 2 heterocycles. The Morgan fingerprint density at radius 2 is 1.68 bits per heavy atom. The predicted octanol–water partition coefficient (Wildman–Crippen LogP) is 6.47. The summed E-state index contributed by atoms with van der Waals surface area (Å²) in [4.78, 5) is 18.1. The Morgan fingerprint density at radius 3 is 2.58 bits per heavy atom. The highest BCUT2D eigenvalue weighted by Crippen LogP contribution is 2.38. The number of benzene rings is 4. The molecule has 0 aliphatic carbocycles. The standard InChI is InChI=1S/C27H20N2O2/c1-17-15-24(28-31-27(30)20-14-13-18-7-2-3-8-19(18)16-20)23-11-6-10-22-21-9-4-5-12-25(21)29(17)26(22)23/h2-14,16-17H,15H2,1H3/b28-24+. The molecule has 150 valence electrons. The second kappa shape index (κ2) is 6.81. The first-order chi connectivity index (χ1) is 15.2. The molecule has 4 aromatic carbocycles. The number of aromatic nitrogens is 1. The lowest BCUT2D eigenvalue weighted by molar-refractivity contribution is 0.0515. The highest BCUT2D eigenvalue weighted by molar-refractivity contribution is 6.18. The second-order valence-electron chi connectivity index (χ2n) is 8.12. The molecule has 1 unspecified atom stereocenters. The molecule has 4 nitrogen and oxygen atoms in total. The van der Waals surface area contributed by atoms with E-state index >= 15 is 0 Å². The lowest BCUT2D eigenvalue weighted by Crippen LogP contribution is -2.19. The van der Waals surface area contributed by atoms with Crippen LogP contribution in [-0.4, -0.2) is 16.2 Å². The minimum atomic E-state index is -0.441. The molecule has 0 amide bonds. The molecule has 1 aliphatic heterocycles. The first-order valence-electron chi connectivity index (χ1n) is 10.5. The van der Waals surface area contributed by atoms with Crippen molar-refractivity contribution in [2.45, 2.75) is 19.4 Å². The van der Waals surface area contributed by atoms with Gasteiger partial charge in [0.1, 0.15) is 0 Å². The molecule has 4 heteroatoms. The quantitative estimate of drug-likeness (QED) is 0.250. The smallest absolute Gasteiger partial charge is 0.337 e. The maximum Gasteiger partial charge on any atom is 0.365 e. The Bertz CT molecular complexity index is 1530. The number of nitrogens with zero attached hydrogens (tertiary/aromatic N) is 2. The first kappa shape index (κ1) is 17.9. The van der Waals surface area contributed by atoms with E-state index in [0.717, 1.165) is 27.6 Å². The summed E-state index contributed by atoms with van der Waals surface area (Å²) in [6.45, 7) is 2.18. The number of rotatable bonds is 2. The molecule has 0 N–H and O–H groups in total. The van der Waals surface area contributed by atoms with Gasteiger partial charge in [-0.1, -0.05) is 71.9 Å². The summed E-state index contributed by atoms with van der Waals surface area (Å²) in [6, 6.07) is 28.5. The van der Waals surface area contributed by atoms with Crippen molar-refractivity contribution in [3.8, 4) is 0 Å². The van der Waals surface area contributed by atoms with E-state index in [9.17, 15) is 4.79 Å².